The van der Waals surface area contributed by atoms with E-state index in [0.29, 0.717) is 0 Å². The van der Waals surface area contributed by atoms with Crippen molar-refractivity contribution in [3.05, 3.63) is 0 Å². The van der Waals surface area contributed by atoms with Crippen molar-refractivity contribution in [2.75, 3.05) is 19.7 Å². The minimum absolute atomic E-state index is 0.0306. The summed E-state index contributed by atoms with van der Waals surface area (Å²) >= 11 is 0. The SMILES string of the molecule is CCCCOC1CC(OC(=O)C2CCN(C3CC3)CC2)C1(C)C. The van der Waals surface area contributed by atoms with Gasteiger partial charge in [-0.15, -0.1) is 0 Å². The second-order valence-electron chi connectivity index (χ2n) is 8.24. The maximum absolute atomic E-state index is 12.5. The highest BCUT2D eigenvalue weighted by molar-refractivity contribution is 5.73. The Labute approximate surface area is 140 Å². The number of hydrogen-bond donors (Lipinski definition) is 0. The number of hydrogen-bond acceptors (Lipinski definition) is 4. The van der Waals surface area contributed by atoms with Crippen LogP contribution >= 0.6 is 0 Å². The molecule has 2 unspecified atom stereocenters. The molecule has 2 saturated carbocycles. The van der Waals surface area contributed by atoms with Gasteiger partial charge in [-0.2, -0.15) is 0 Å². The second kappa shape index (κ2) is 7.10. The van der Waals surface area contributed by atoms with E-state index in [1.165, 1.54) is 12.8 Å². The van der Waals surface area contributed by atoms with E-state index in [4.69, 9.17) is 9.47 Å². The highest BCUT2D eigenvalue weighted by Crippen LogP contribution is 2.45. The number of unbranched alkanes of at least 4 members (excludes halogenated alkanes) is 1. The first kappa shape index (κ1) is 17.2. The molecule has 3 fully saturated rings. The van der Waals surface area contributed by atoms with Crippen LogP contribution in [0.15, 0.2) is 0 Å². The molecule has 0 spiro atoms. The van der Waals surface area contributed by atoms with Crippen LogP contribution in [0.5, 0.6) is 0 Å². The van der Waals surface area contributed by atoms with Crippen molar-refractivity contribution in [2.24, 2.45) is 11.3 Å². The van der Waals surface area contributed by atoms with E-state index < -0.39 is 0 Å². The lowest BCUT2D eigenvalue weighted by atomic mass is 9.66. The van der Waals surface area contributed by atoms with Crippen molar-refractivity contribution >= 4 is 5.97 Å². The average Bonchev–Trinajstić information content (AvgIpc) is 3.38. The van der Waals surface area contributed by atoms with Gasteiger partial charge < -0.3 is 14.4 Å². The number of carbonyl (C=O) groups is 1. The van der Waals surface area contributed by atoms with Crippen LogP contribution in [0, 0.1) is 11.3 Å². The van der Waals surface area contributed by atoms with E-state index in [-0.39, 0.29) is 29.5 Å². The summed E-state index contributed by atoms with van der Waals surface area (Å²) in [5.41, 5.74) is -0.0435. The van der Waals surface area contributed by atoms with Crippen LogP contribution in [0.3, 0.4) is 0 Å². The van der Waals surface area contributed by atoms with Crippen LogP contribution in [0.4, 0.5) is 0 Å². The average molecular weight is 323 g/mol. The lowest BCUT2D eigenvalue weighted by molar-refractivity contribution is -0.207. The van der Waals surface area contributed by atoms with Crippen LogP contribution in [0.1, 0.15) is 65.7 Å². The minimum Gasteiger partial charge on any atom is -0.461 e. The van der Waals surface area contributed by atoms with Crippen LogP contribution in [-0.4, -0.2) is 48.8 Å². The zero-order valence-corrected chi connectivity index (χ0v) is 15.1. The molecule has 0 aromatic heterocycles. The second-order valence-corrected chi connectivity index (χ2v) is 8.24. The molecule has 132 valence electrons. The Hall–Kier alpha value is -0.610. The Morgan fingerprint density at radius 3 is 2.39 bits per heavy atom. The van der Waals surface area contributed by atoms with Gasteiger partial charge in [-0.25, -0.2) is 0 Å². The van der Waals surface area contributed by atoms with Crippen molar-refractivity contribution < 1.29 is 14.3 Å². The van der Waals surface area contributed by atoms with Crippen LogP contribution in [0.25, 0.3) is 0 Å². The maximum atomic E-state index is 12.5. The third-order valence-corrected chi connectivity index (χ3v) is 6.09. The Bertz CT molecular complexity index is 411. The first-order valence-electron chi connectivity index (χ1n) is 9.58. The van der Waals surface area contributed by atoms with Gasteiger partial charge in [0.05, 0.1) is 12.0 Å². The first-order valence-corrected chi connectivity index (χ1v) is 9.58. The molecule has 2 atom stereocenters. The van der Waals surface area contributed by atoms with E-state index in [1.807, 2.05) is 0 Å². The molecule has 0 amide bonds. The monoisotopic (exact) mass is 323 g/mol. The molecule has 2 aliphatic carbocycles. The molecule has 0 aromatic rings. The lowest BCUT2D eigenvalue weighted by Crippen LogP contribution is -2.57. The number of nitrogens with zero attached hydrogens (tertiary/aromatic N) is 1. The van der Waals surface area contributed by atoms with Crippen molar-refractivity contribution in [3.63, 3.8) is 0 Å². The first-order chi connectivity index (χ1) is 11.0. The normalized spacial score (nSPS) is 31.6. The van der Waals surface area contributed by atoms with Gasteiger partial charge in [0.2, 0.25) is 0 Å². The van der Waals surface area contributed by atoms with Gasteiger partial charge >= 0.3 is 5.97 Å². The summed E-state index contributed by atoms with van der Waals surface area (Å²) in [5.74, 6) is 0.145. The Morgan fingerprint density at radius 2 is 1.83 bits per heavy atom. The molecule has 0 N–H and O–H groups in total. The van der Waals surface area contributed by atoms with E-state index in [1.54, 1.807) is 0 Å². The van der Waals surface area contributed by atoms with Gasteiger partial charge in [-0.1, -0.05) is 27.2 Å². The third kappa shape index (κ3) is 3.90. The lowest BCUT2D eigenvalue weighted by Gasteiger charge is -2.50. The van der Waals surface area contributed by atoms with Gasteiger partial charge in [0, 0.05) is 24.5 Å². The highest BCUT2D eigenvalue weighted by atomic mass is 16.6. The summed E-state index contributed by atoms with van der Waals surface area (Å²) in [6.07, 6.45) is 8.05. The molecule has 1 saturated heterocycles. The number of ether oxygens (including phenoxy) is 2. The van der Waals surface area contributed by atoms with Gasteiger partial charge in [0.25, 0.3) is 0 Å². The topological polar surface area (TPSA) is 38.8 Å². The predicted molar refractivity (Wildman–Crippen MR) is 90.2 cm³/mol. The van der Waals surface area contributed by atoms with Gasteiger partial charge in [-0.05, 0) is 45.2 Å². The van der Waals surface area contributed by atoms with E-state index in [9.17, 15) is 4.79 Å². The molecule has 3 rings (SSSR count). The fourth-order valence-corrected chi connectivity index (χ4v) is 3.88. The predicted octanol–water partition coefficient (Wildman–Crippen LogP) is 3.39. The standard InChI is InChI=1S/C19H33NO3/c1-4-5-12-22-16-13-17(19(16,2)3)23-18(21)14-8-10-20(11-9-14)15-6-7-15/h14-17H,4-13H2,1-3H3. The van der Waals surface area contributed by atoms with Crippen LogP contribution < -0.4 is 0 Å². The Morgan fingerprint density at radius 1 is 1.13 bits per heavy atom. The molecule has 4 nitrogen and oxygen atoms in total. The highest BCUT2D eigenvalue weighted by Gasteiger charge is 2.52. The van der Waals surface area contributed by atoms with Crippen molar-refractivity contribution in [1.82, 2.24) is 4.90 Å². The molecule has 1 aliphatic heterocycles. The molecular formula is C19H33NO3. The fraction of sp³-hybridized carbons (Fsp3) is 0.947. The maximum Gasteiger partial charge on any atom is 0.309 e. The number of piperidine rings is 1. The minimum atomic E-state index is -0.0435. The van der Waals surface area contributed by atoms with Crippen LogP contribution in [-0.2, 0) is 14.3 Å². The van der Waals surface area contributed by atoms with Gasteiger partial charge in [0.15, 0.2) is 0 Å². The number of carbonyl (C=O) groups excluding carboxylic acids is 1. The number of likely N-dealkylation sites (tertiary alicyclic amines) is 1. The molecule has 1 heterocycles. The van der Waals surface area contributed by atoms with Crippen molar-refractivity contribution in [1.29, 1.82) is 0 Å². The van der Waals surface area contributed by atoms with Crippen LogP contribution in [0.2, 0.25) is 0 Å². The zero-order chi connectivity index (χ0) is 16.4. The summed E-state index contributed by atoms with van der Waals surface area (Å²) in [7, 11) is 0. The summed E-state index contributed by atoms with van der Waals surface area (Å²) in [4.78, 5) is 15.0. The van der Waals surface area contributed by atoms with E-state index in [0.717, 1.165) is 57.8 Å². The van der Waals surface area contributed by atoms with Gasteiger partial charge in [-0.3, -0.25) is 4.79 Å². The summed E-state index contributed by atoms with van der Waals surface area (Å²) in [6.45, 7) is 9.48. The molecule has 23 heavy (non-hydrogen) atoms. The van der Waals surface area contributed by atoms with Crippen molar-refractivity contribution in [3.8, 4) is 0 Å². The third-order valence-electron chi connectivity index (χ3n) is 6.09. The number of rotatable bonds is 7. The van der Waals surface area contributed by atoms with Gasteiger partial charge in [0.1, 0.15) is 6.10 Å². The largest absolute Gasteiger partial charge is 0.461 e. The smallest absolute Gasteiger partial charge is 0.309 e. The number of esters is 1. The van der Waals surface area contributed by atoms with Crippen molar-refractivity contribution in [2.45, 2.75) is 84.0 Å². The summed E-state index contributed by atoms with van der Waals surface area (Å²) in [5, 5.41) is 0. The Kier molecular flexibility index (Phi) is 5.32. The Balaban J connectivity index is 1.40. The molecule has 4 heteroatoms. The molecule has 0 aromatic carbocycles. The quantitative estimate of drug-likeness (QED) is 0.532. The fourth-order valence-electron chi connectivity index (χ4n) is 3.88. The zero-order valence-electron chi connectivity index (χ0n) is 15.1. The molecule has 0 bridgehead atoms. The summed E-state index contributed by atoms with van der Waals surface area (Å²) < 4.78 is 11.8. The summed E-state index contributed by atoms with van der Waals surface area (Å²) in [6, 6.07) is 0.818. The molecule has 0 radical (unpaired) electrons. The molecular weight excluding hydrogens is 290 g/mol. The van der Waals surface area contributed by atoms with E-state index >= 15 is 0 Å². The van der Waals surface area contributed by atoms with E-state index in [2.05, 4.69) is 25.7 Å². The molecule has 3 aliphatic rings.